The molecule has 1 aromatic carbocycles. The third-order valence-electron chi connectivity index (χ3n) is 2.63. The van der Waals surface area contributed by atoms with Crippen LogP contribution < -0.4 is 5.73 Å². The van der Waals surface area contributed by atoms with E-state index in [-0.39, 0.29) is 5.82 Å². The van der Waals surface area contributed by atoms with Crippen LogP contribution in [0.2, 0.25) is 0 Å². The van der Waals surface area contributed by atoms with Crippen molar-refractivity contribution >= 4 is 0 Å². The molecule has 2 N–H and O–H groups in total. The van der Waals surface area contributed by atoms with Gasteiger partial charge in [0.2, 0.25) is 5.89 Å². The Kier molecular flexibility index (Phi) is 4.41. The maximum Gasteiger partial charge on any atom is 0.226 e. The smallest absolute Gasteiger partial charge is 0.226 e. The van der Waals surface area contributed by atoms with E-state index in [1.54, 1.807) is 12.1 Å². The molecule has 2 aromatic rings. The number of rotatable bonds is 6. The Hall–Kier alpha value is -1.75. The highest BCUT2D eigenvalue weighted by molar-refractivity contribution is 5.19. The molecule has 0 amide bonds. The van der Waals surface area contributed by atoms with Crippen molar-refractivity contribution in [1.82, 2.24) is 10.1 Å². The van der Waals surface area contributed by atoms with E-state index in [2.05, 4.69) is 10.1 Å². The topological polar surface area (TPSA) is 64.9 Å². The van der Waals surface area contributed by atoms with Crippen LogP contribution in [0, 0.1) is 5.82 Å². The molecule has 2 rings (SSSR count). The van der Waals surface area contributed by atoms with Gasteiger partial charge in [-0.2, -0.15) is 4.98 Å². The first-order valence-corrected chi connectivity index (χ1v) is 6.04. The molecule has 0 aliphatic rings. The second kappa shape index (κ2) is 6.26. The average Bonchev–Trinajstić information content (AvgIpc) is 2.80. The van der Waals surface area contributed by atoms with Crippen LogP contribution in [0.1, 0.15) is 30.1 Å². The maximum absolute atomic E-state index is 12.7. The van der Waals surface area contributed by atoms with Crippen molar-refractivity contribution < 1.29 is 8.91 Å². The lowest BCUT2D eigenvalue weighted by Crippen LogP contribution is -1.99. The quantitative estimate of drug-likeness (QED) is 0.796. The molecular formula is C13H16FN3O. The predicted molar refractivity (Wildman–Crippen MR) is 65.5 cm³/mol. The van der Waals surface area contributed by atoms with Crippen molar-refractivity contribution in [3.8, 4) is 0 Å². The first-order chi connectivity index (χ1) is 8.78. The van der Waals surface area contributed by atoms with E-state index in [0.717, 1.165) is 24.8 Å². The van der Waals surface area contributed by atoms with Crippen molar-refractivity contribution in [1.29, 1.82) is 0 Å². The normalized spacial score (nSPS) is 10.8. The Morgan fingerprint density at radius 2 is 1.94 bits per heavy atom. The summed E-state index contributed by atoms with van der Waals surface area (Å²) in [6.07, 6.45) is 3.22. The van der Waals surface area contributed by atoms with Crippen molar-refractivity contribution in [3.63, 3.8) is 0 Å². The van der Waals surface area contributed by atoms with Crippen LogP contribution in [0.5, 0.6) is 0 Å². The maximum atomic E-state index is 12.7. The van der Waals surface area contributed by atoms with Crippen LogP contribution in [0.15, 0.2) is 28.8 Å². The third kappa shape index (κ3) is 3.63. The summed E-state index contributed by atoms with van der Waals surface area (Å²) in [4.78, 5) is 4.29. The minimum absolute atomic E-state index is 0.241. The Morgan fingerprint density at radius 3 is 2.67 bits per heavy atom. The lowest BCUT2D eigenvalue weighted by atomic mass is 10.1. The Bertz CT molecular complexity index is 481. The highest BCUT2D eigenvalue weighted by atomic mass is 19.1. The van der Waals surface area contributed by atoms with Crippen molar-refractivity contribution in [2.75, 3.05) is 6.54 Å². The molecule has 0 aliphatic carbocycles. The molecule has 1 heterocycles. The molecule has 0 aliphatic heterocycles. The van der Waals surface area contributed by atoms with Crippen LogP contribution in [0.25, 0.3) is 0 Å². The van der Waals surface area contributed by atoms with Gasteiger partial charge >= 0.3 is 0 Å². The molecule has 1 aromatic heterocycles. The first-order valence-electron chi connectivity index (χ1n) is 6.04. The fourth-order valence-corrected chi connectivity index (χ4v) is 1.67. The summed E-state index contributed by atoms with van der Waals surface area (Å²) < 4.78 is 17.9. The summed E-state index contributed by atoms with van der Waals surface area (Å²) in [6.45, 7) is 0.677. The summed E-state index contributed by atoms with van der Waals surface area (Å²) in [5.41, 5.74) is 6.38. The Morgan fingerprint density at radius 1 is 1.17 bits per heavy atom. The predicted octanol–water partition coefficient (Wildman–Crippen LogP) is 2.08. The van der Waals surface area contributed by atoms with E-state index >= 15 is 0 Å². The number of nitrogens with two attached hydrogens (primary N) is 1. The highest BCUT2D eigenvalue weighted by Crippen LogP contribution is 2.09. The number of hydrogen-bond acceptors (Lipinski definition) is 4. The number of aromatic nitrogens is 2. The van der Waals surface area contributed by atoms with Crippen molar-refractivity contribution in [2.24, 2.45) is 5.73 Å². The molecule has 96 valence electrons. The molecule has 0 saturated carbocycles. The van der Waals surface area contributed by atoms with Crippen molar-refractivity contribution in [3.05, 3.63) is 47.4 Å². The van der Waals surface area contributed by atoms with E-state index in [1.807, 2.05) is 0 Å². The average molecular weight is 249 g/mol. The Labute approximate surface area is 105 Å². The van der Waals surface area contributed by atoms with Crippen LogP contribution >= 0.6 is 0 Å². The standard InChI is InChI=1S/C13H16FN3O/c14-11-6-4-10(5-7-11)9-12-16-13(18-17-12)3-1-2-8-15/h4-7H,1-3,8-9,15H2. The SMILES string of the molecule is NCCCCc1nc(Cc2ccc(F)cc2)no1. The minimum Gasteiger partial charge on any atom is -0.339 e. The molecule has 0 fully saturated rings. The summed E-state index contributed by atoms with van der Waals surface area (Å²) >= 11 is 0. The van der Waals surface area contributed by atoms with Crippen LogP contribution in [-0.2, 0) is 12.8 Å². The van der Waals surface area contributed by atoms with Gasteiger partial charge in [0.05, 0.1) is 0 Å². The molecule has 4 nitrogen and oxygen atoms in total. The van der Waals surface area contributed by atoms with Crippen LogP contribution in [0.3, 0.4) is 0 Å². The van der Waals surface area contributed by atoms with Gasteiger partial charge in [0.15, 0.2) is 5.82 Å². The monoisotopic (exact) mass is 249 g/mol. The van der Waals surface area contributed by atoms with E-state index in [1.165, 1.54) is 12.1 Å². The van der Waals surface area contributed by atoms with Gasteiger partial charge in [-0.25, -0.2) is 4.39 Å². The molecule has 0 bridgehead atoms. The van der Waals surface area contributed by atoms with Gasteiger partial charge in [0.1, 0.15) is 5.82 Å². The molecule has 0 atom stereocenters. The molecule has 0 radical (unpaired) electrons. The number of unbranched alkanes of at least 4 members (excludes halogenated alkanes) is 1. The van der Waals surface area contributed by atoms with E-state index < -0.39 is 0 Å². The summed E-state index contributed by atoms with van der Waals surface area (Å²) in [6, 6.07) is 6.30. The largest absolute Gasteiger partial charge is 0.339 e. The molecule has 0 saturated heterocycles. The van der Waals surface area contributed by atoms with Crippen LogP contribution in [0.4, 0.5) is 4.39 Å². The zero-order valence-corrected chi connectivity index (χ0v) is 10.1. The number of nitrogens with zero attached hydrogens (tertiary/aromatic N) is 2. The lowest BCUT2D eigenvalue weighted by Gasteiger charge is -1.95. The van der Waals surface area contributed by atoms with Gasteiger partial charge < -0.3 is 10.3 Å². The molecule has 0 spiro atoms. The number of benzene rings is 1. The molecule has 18 heavy (non-hydrogen) atoms. The fraction of sp³-hybridized carbons (Fsp3) is 0.385. The second-order valence-corrected chi connectivity index (χ2v) is 4.15. The summed E-state index contributed by atoms with van der Waals surface area (Å²) in [7, 11) is 0. The third-order valence-corrected chi connectivity index (χ3v) is 2.63. The number of halogens is 1. The van der Waals surface area contributed by atoms with Gasteiger partial charge in [0, 0.05) is 12.8 Å². The lowest BCUT2D eigenvalue weighted by molar-refractivity contribution is 0.370. The number of aryl methyl sites for hydroxylation is 1. The van der Waals surface area contributed by atoms with Gasteiger partial charge in [-0.3, -0.25) is 0 Å². The second-order valence-electron chi connectivity index (χ2n) is 4.15. The highest BCUT2D eigenvalue weighted by Gasteiger charge is 2.06. The zero-order chi connectivity index (χ0) is 12.8. The molecule has 0 unspecified atom stereocenters. The van der Waals surface area contributed by atoms with E-state index in [0.29, 0.717) is 24.7 Å². The first kappa shape index (κ1) is 12.7. The van der Waals surface area contributed by atoms with Gasteiger partial charge in [-0.15, -0.1) is 0 Å². The van der Waals surface area contributed by atoms with E-state index in [4.69, 9.17) is 10.3 Å². The summed E-state index contributed by atoms with van der Waals surface area (Å²) in [5.74, 6) is 1.03. The molecule has 5 heteroatoms. The summed E-state index contributed by atoms with van der Waals surface area (Å²) in [5, 5.41) is 3.90. The van der Waals surface area contributed by atoms with Gasteiger partial charge in [-0.05, 0) is 37.1 Å². The van der Waals surface area contributed by atoms with Crippen molar-refractivity contribution in [2.45, 2.75) is 25.7 Å². The Balaban J connectivity index is 1.91. The van der Waals surface area contributed by atoms with Gasteiger partial charge in [-0.1, -0.05) is 17.3 Å². The molecular weight excluding hydrogens is 233 g/mol. The minimum atomic E-state index is -0.241. The number of hydrogen-bond donors (Lipinski definition) is 1. The van der Waals surface area contributed by atoms with E-state index in [9.17, 15) is 4.39 Å². The zero-order valence-electron chi connectivity index (χ0n) is 10.1. The van der Waals surface area contributed by atoms with Crippen LogP contribution in [-0.4, -0.2) is 16.7 Å². The fourth-order valence-electron chi connectivity index (χ4n) is 1.67. The van der Waals surface area contributed by atoms with Gasteiger partial charge in [0.25, 0.3) is 0 Å².